The molecular formula is C20H12Br2O. The molecule has 4 aromatic carbocycles. The molecule has 0 heterocycles. The largest absolute Gasteiger partial charge is 0.506 e. The van der Waals surface area contributed by atoms with Gasteiger partial charge in [0.25, 0.3) is 0 Å². The molecule has 0 spiro atoms. The minimum Gasteiger partial charge on any atom is -0.506 e. The zero-order valence-corrected chi connectivity index (χ0v) is 15.2. The second kappa shape index (κ2) is 5.66. The van der Waals surface area contributed by atoms with E-state index in [1.807, 2.05) is 36.4 Å². The minimum atomic E-state index is 0.270. The number of fused-ring (bicyclic) bond motifs is 2. The molecule has 1 nitrogen and oxygen atoms in total. The summed E-state index contributed by atoms with van der Waals surface area (Å²) in [5.74, 6) is 0.270. The Morgan fingerprint density at radius 2 is 1.30 bits per heavy atom. The normalized spacial score (nSPS) is 11.2. The third-order valence-electron chi connectivity index (χ3n) is 4.07. The van der Waals surface area contributed by atoms with E-state index in [2.05, 4.69) is 62.2 Å². The van der Waals surface area contributed by atoms with Gasteiger partial charge in [0.15, 0.2) is 0 Å². The Bertz CT molecular complexity index is 1050. The van der Waals surface area contributed by atoms with Gasteiger partial charge >= 0.3 is 0 Å². The van der Waals surface area contributed by atoms with Crippen LogP contribution >= 0.6 is 31.9 Å². The van der Waals surface area contributed by atoms with Crippen molar-refractivity contribution in [2.24, 2.45) is 0 Å². The number of halogens is 2. The Morgan fingerprint density at radius 3 is 2.04 bits per heavy atom. The summed E-state index contributed by atoms with van der Waals surface area (Å²) in [4.78, 5) is 0. The second-order valence-electron chi connectivity index (χ2n) is 5.48. The van der Waals surface area contributed by atoms with Crippen molar-refractivity contribution < 1.29 is 5.11 Å². The summed E-state index contributed by atoms with van der Waals surface area (Å²) in [7, 11) is 0. The van der Waals surface area contributed by atoms with Crippen molar-refractivity contribution in [1.82, 2.24) is 0 Å². The maximum atomic E-state index is 10.7. The molecule has 0 aliphatic rings. The Kier molecular flexibility index (Phi) is 3.63. The molecular weight excluding hydrogens is 416 g/mol. The highest BCUT2D eigenvalue weighted by molar-refractivity contribution is 9.10. The number of benzene rings is 4. The predicted molar refractivity (Wildman–Crippen MR) is 104 cm³/mol. The van der Waals surface area contributed by atoms with E-state index in [4.69, 9.17) is 0 Å². The molecule has 0 saturated carbocycles. The van der Waals surface area contributed by atoms with Crippen molar-refractivity contribution in [1.29, 1.82) is 0 Å². The molecule has 4 aromatic rings. The van der Waals surface area contributed by atoms with Gasteiger partial charge in [0.05, 0.1) is 4.47 Å². The van der Waals surface area contributed by atoms with Crippen LogP contribution in [-0.4, -0.2) is 5.11 Å². The Hall–Kier alpha value is -1.84. The average Bonchev–Trinajstić information content (AvgIpc) is 2.55. The van der Waals surface area contributed by atoms with Gasteiger partial charge in [-0.1, -0.05) is 64.5 Å². The molecule has 0 bridgehead atoms. The van der Waals surface area contributed by atoms with Gasteiger partial charge in [0.1, 0.15) is 5.75 Å². The van der Waals surface area contributed by atoms with Crippen molar-refractivity contribution in [2.75, 3.05) is 0 Å². The SMILES string of the molecule is Oc1c(Br)cc2ccccc2c1-c1cc(Br)cc2ccccc12. The number of hydrogen-bond donors (Lipinski definition) is 1. The Balaban J connectivity index is 2.21. The average molecular weight is 428 g/mol. The van der Waals surface area contributed by atoms with Crippen molar-refractivity contribution in [3.8, 4) is 16.9 Å². The quantitative estimate of drug-likeness (QED) is 0.350. The maximum absolute atomic E-state index is 10.7. The summed E-state index contributed by atoms with van der Waals surface area (Å²) in [6, 6.07) is 22.5. The fourth-order valence-electron chi connectivity index (χ4n) is 3.06. The zero-order valence-electron chi connectivity index (χ0n) is 12.1. The van der Waals surface area contributed by atoms with E-state index in [9.17, 15) is 5.11 Å². The van der Waals surface area contributed by atoms with Gasteiger partial charge in [0.2, 0.25) is 0 Å². The number of phenols is 1. The predicted octanol–water partition coefficient (Wildman–Crippen LogP) is 6.89. The van der Waals surface area contributed by atoms with Crippen LogP contribution in [-0.2, 0) is 0 Å². The molecule has 0 aliphatic heterocycles. The lowest BCUT2D eigenvalue weighted by molar-refractivity contribution is 0.475. The van der Waals surface area contributed by atoms with Crippen LogP contribution in [0.1, 0.15) is 0 Å². The van der Waals surface area contributed by atoms with Gasteiger partial charge < -0.3 is 5.11 Å². The molecule has 1 N–H and O–H groups in total. The number of hydrogen-bond acceptors (Lipinski definition) is 1. The van der Waals surface area contributed by atoms with Crippen LogP contribution in [0.25, 0.3) is 32.7 Å². The number of rotatable bonds is 1. The Labute approximate surface area is 150 Å². The van der Waals surface area contributed by atoms with Crippen LogP contribution in [0.2, 0.25) is 0 Å². The van der Waals surface area contributed by atoms with E-state index < -0.39 is 0 Å². The van der Waals surface area contributed by atoms with Crippen molar-refractivity contribution in [3.63, 3.8) is 0 Å². The van der Waals surface area contributed by atoms with E-state index in [1.54, 1.807) is 0 Å². The lowest BCUT2D eigenvalue weighted by atomic mass is 9.93. The monoisotopic (exact) mass is 426 g/mol. The zero-order chi connectivity index (χ0) is 16.0. The van der Waals surface area contributed by atoms with Crippen molar-refractivity contribution >= 4 is 53.4 Å². The molecule has 0 saturated heterocycles. The smallest absolute Gasteiger partial charge is 0.138 e. The third-order valence-corrected chi connectivity index (χ3v) is 5.13. The summed E-state index contributed by atoms with van der Waals surface area (Å²) in [5.41, 5.74) is 1.87. The molecule has 0 fully saturated rings. The van der Waals surface area contributed by atoms with Crippen LogP contribution in [0.4, 0.5) is 0 Å². The number of phenolic OH excluding ortho intramolecular Hbond substituents is 1. The molecule has 0 aliphatic carbocycles. The molecule has 23 heavy (non-hydrogen) atoms. The summed E-state index contributed by atoms with van der Waals surface area (Å²) in [5, 5.41) is 15.1. The van der Waals surface area contributed by atoms with E-state index in [0.717, 1.165) is 37.1 Å². The third kappa shape index (κ3) is 2.44. The molecule has 0 amide bonds. The summed E-state index contributed by atoms with van der Waals surface area (Å²) in [6.45, 7) is 0. The summed E-state index contributed by atoms with van der Waals surface area (Å²) >= 11 is 7.08. The van der Waals surface area contributed by atoms with Gasteiger partial charge in [-0.3, -0.25) is 0 Å². The molecule has 3 heteroatoms. The number of aromatic hydroxyl groups is 1. The summed E-state index contributed by atoms with van der Waals surface area (Å²) < 4.78 is 1.70. The minimum absolute atomic E-state index is 0.270. The molecule has 0 atom stereocenters. The second-order valence-corrected chi connectivity index (χ2v) is 7.25. The first kappa shape index (κ1) is 14.7. The maximum Gasteiger partial charge on any atom is 0.138 e. The first-order valence-corrected chi connectivity index (χ1v) is 8.82. The van der Waals surface area contributed by atoms with E-state index in [0.29, 0.717) is 4.47 Å². The first-order chi connectivity index (χ1) is 11.1. The van der Waals surface area contributed by atoms with Crippen LogP contribution in [0, 0.1) is 0 Å². The van der Waals surface area contributed by atoms with Gasteiger partial charge in [-0.2, -0.15) is 0 Å². The molecule has 0 aromatic heterocycles. The molecule has 0 radical (unpaired) electrons. The first-order valence-electron chi connectivity index (χ1n) is 7.24. The van der Waals surface area contributed by atoms with Crippen molar-refractivity contribution in [2.45, 2.75) is 0 Å². The standard InChI is InChI=1S/C20H12Br2O/c21-14-9-12-5-1-3-7-15(12)17(11-14)19-16-8-4-2-6-13(16)10-18(22)20(19)23/h1-11,23H. The highest BCUT2D eigenvalue weighted by atomic mass is 79.9. The molecule has 0 unspecified atom stereocenters. The lowest BCUT2D eigenvalue weighted by Gasteiger charge is -2.14. The van der Waals surface area contributed by atoms with Crippen LogP contribution in [0.3, 0.4) is 0 Å². The highest BCUT2D eigenvalue weighted by Crippen LogP contribution is 2.44. The van der Waals surface area contributed by atoms with Crippen LogP contribution in [0.15, 0.2) is 75.7 Å². The van der Waals surface area contributed by atoms with Gasteiger partial charge in [-0.25, -0.2) is 0 Å². The van der Waals surface area contributed by atoms with Gasteiger partial charge in [0, 0.05) is 10.0 Å². The van der Waals surface area contributed by atoms with E-state index in [1.165, 1.54) is 0 Å². The van der Waals surface area contributed by atoms with E-state index >= 15 is 0 Å². The highest BCUT2D eigenvalue weighted by Gasteiger charge is 2.16. The van der Waals surface area contributed by atoms with Crippen LogP contribution < -0.4 is 0 Å². The van der Waals surface area contributed by atoms with E-state index in [-0.39, 0.29) is 5.75 Å². The van der Waals surface area contributed by atoms with Crippen LogP contribution in [0.5, 0.6) is 5.75 Å². The Morgan fingerprint density at radius 1 is 0.696 bits per heavy atom. The van der Waals surface area contributed by atoms with Gasteiger partial charge in [-0.05, 0) is 61.2 Å². The molecule has 112 valence electrons. The summed E-state index contributed by atoms with van der Waals surface area (Å²) in [6.07, 6.45) is 0. The van der Waals surface area contributed by atoms with Crippen molar-refractivity contribution in [3.05, 3.63) is 75.7 Å². The fraction of sp³-hybridized carbons (Fsp3) is 0. The molecule has 4 rings (SSSR count). The fourth-order valence-corrected chi connectivity index (χ4v) is 3.98. The van der Waals surface area contributed by atoms with Gasteiger partial charge in [-0.15, -0.1) is 0 Å². The topological polar surface area (TPSA) is 20.2 Å². The lowest BCUT2D eigenvalue weighted by Crippen LogP contribution is -1.87.